The van der Waals surface area contributed by atoms with E-state index in [0.29, 0.717) is 12.1 Å². The van der Waals surface area contributed by atoms with Crippen LogP contribution in [0, 0.1) is 0 Å². The van der Waals surface area contributed by atoms with Gasteiger partial charge >= 0.3 is 12.4 Å². The summed E-state index contributed by atoms with van der Waals surface area (Å²) in [7, 11) is 3.05. The molecule has 0 radical (unpaired) electrons. The molecule has 0 heterocycles. The number of likely N-dealkylation sites (N-methyl/N-ethyl adjacent to an activating group) is 1. The second-order valence-electron chi connectivity index (χ2n) is 4.85. The maximum Gasteiger partial charge on any atom is 0.573 e. The number of ether oxygens (including phenoxy) is 1. The minimum absolute atomic E-state index is 0.311. The number of amides is 3. The van der Waals surface area contributed by atoms with Gasteiger partial charge in [0.2, 0.25) is 5.91 Å². The molecule has 6 nitrogen and oxygen atoms in total. The fourth-order valence-electron chi connectivity index (χ4n) is 1.70. The summed E-state index contributed by atoms with van der Waals surface area (Å²) in [6.45, 7) is 1.92. The van der Waals surface area contributed by atoms with E-state index in [1.807, 2.05) is 0 Å². The van der Waals surface area contributed by atoms with Gasteiger partial charge in [-0.1, -0.05) is 12.1 Å². The van der Waals surface area contributed by atoms with Crippen molar-refractivity contribution in [2.45, 2.75) is 25.9 Å². The standard InChI is InChI=1S/C14H18F3N3O3/c1-9(12(21)19-13(22)18-2)20(3)8-10-4-6-11(7-5-10)23-14(15,16)17/h4-7,9H,8H2,1-3H3,(H2,18,19,21,22)/t9-/m0/s1. The first-order chi connectivity index (χ1) is 10.6. The Bertz CT molecular complexity index is 546. The quantitative estimate of drug-likeness (QED) is 0.863. The number of halogens is 3. The van der Waals surface area contributed by atoms with Crippen LogP contribution in [0.3, 0.4) is 0 Å². The number of urea groups is 1. The Hall–Kier alpha value is -2.29. The number of imide groups is 1. The second kappa shape index (κ2) is 7.82. The first-order valence-electron chi connectivity index (χ1n) is 6.70. The molecule has 2 N–H and O–H groups in total. The molecule has 0 saturated heterocycles. The molecule has 0 bridgehead atoms. The molecule has 1 aromatic carbocycles. The van der Waals surface area contributed by atoms with Crippen molar-refractivity contribution in [3.63, 3.8) is 0 Å². The van der Waals surface area contributed by atoms with Gasteiger partial charge in [0.1, 0.15) is 5.75 Å². The highest BCUT2D eigenvalue weighted by atomic mass is 19.4. The Kier molecular flexibility index (Phi) is 6.38. The van der Waals surface area contributed by atoms with Crippen LogP contribution in [-0.2, 0) is 11.3 Å². The summed E-state index contributed by atoms with van der Waals surface area (Å²) in [5, 5.41) is 4.42. The molecule has 0 fully saturated rings. The average Bonchev–Trinajstić information content (AvgIpc) is 2.46. The van der Waals surface area contributed by atoms with Gasteiger partial charge in [-0.25, -0.2) is 4.79 Å². The molecule has 9 heteroatoms. The second-order valence-corrected chi connectivity index (χ2v) is 4.85. The SMILES string of the molecule is CNC(=O)NC(=O)[C@H](C)N(C)Cc1ccc(OC(F)(F)F)cc1. The van der Waals surface area contributed by atoms with E-state index >= 15 is 0 Å². The van der Waals surface area contributed by atoms with Crippen molar-refractivity contribution in [1.29, 1.82) is 0 Å². The number of alkyl halides is 3. The Morgan fingerprint density at radius 3 is 2.30 bits per heavy atom. The van der Waals surface area contributed by atoms with Crippen LogP contribution in [0.5, 0.6) is 5.75 Å². The molecule has 1 atom stereocenters. The Labute approximate surface area is 131 Å². The van der Waals surface area contributed by atoms with E-state index in [2.05, 4.69) is 15.4 Å². The van der Waals surface area contributed by atoms with Crippen LogP contribution >= 0.6 is 0 Å². The van der Waals surface area contributed by atoms with E-state index in [4.69, 9.17) is 0 Å². The van der Waals surface area contributed by atoms with E-state index < -0.39 is 24.3 Å². The number of nitrogens with zero attached hydrogens (tertiary/aromatic N) is 1. The Morgan fingerprint density at radius 1 is 1.26 bits per heavy atom. The third-order valence-electron chi connectivity index (χ3n) is 3.09. The summed E-state index contributed by atoms with van der Waals surface area (Å²) in [6, 6.07) is 4.14. The predicted octanol–water partition coefficient (Wildman–Crippen LogP) is 1.86. The van der Waals surface area contributed by atoms with Crippen molar-refractivity contribution in [3.8, 4) is 5.75 Å². The van der Waals surface area contributed by atoms with E-state index in [1.165, 1.54) is 31.3 Å². The summed E-state index contributed by atoms with van der Waals surface area (Å²) in [5.41, 5.74) is 0.696. The number of benzene rings is 1. The fraction of sp³-hybridized carbons (Fsp3) is 0.429. The smallest absolute Gasteiger partial charge is 0.406 e. The number of carbonyl (C=O) groups excluding carboxylic acids is 2. The van der Waals surface area contributed by atoms with Crippen molar-refractivity contribution in [3.05, 3.63) is 29.8 Å². The lowest BCUT2D eigenvalue weighted by Crippen LogP contribution is -2.47. The maximum absolute atomic E-state index is 12.1. The van der Waals surface area contributed by atoms with Gasteiger partial charge in [0.15, 0.2) is 0 Å². The number of nitrogens with one attached hydrogen (secondary N) is 2. The van der Waals surface area contributed by atoms with E-state index in [1.54, 1.807) is 18.9 Å². The van der Waals surface area contributed by atoms with Crippen LogP contribution in [-0.4, -0.2) is 43.3 Å². The zero-order valence-corrected chi connectivity index (χ0v) is 12.9. The monoisotopic (exact) mass is 333 g/mol. The van der Waals surface area contributed by atoms with Gasteiger partial charge in [-0.05, 0) is 31.7 Å². The summed E-state index contributed by atoms with van der Waals surface area (Å²) >= 11 is 0. The molecular formula is C14H18F3N3O3. The van der Waals surface area contributed by atoms with Gasteiger partial charge < -0.3 is 10.1 Å². The van der Waals surface area contributed by atoms with Crippen molar-refractivity contribution in [1.82, 2.24) is 15.5 Å². The lowest BCUT2D eigenvalue weighted by atomic mass is 10.2. The van der Waals surface area contributed by atoms with Crippen LogP contribution in [0.25, 0.3) is 0 Å². The minimum Gasteiger partial charge on any atom is -0.406 e. The highest BCUT2D eigenvalue weighted by Gasteiger charge is 2.31. The third-order valence-corrected chi connectivity index (χ3v) is 3.09. The normalized spacial score (nSPS) is 12.7. The number of carbonyl (C=O) groups is 2. The molecule has 128 valence electrons. The largest absolute Gasteiger partial charge is 0.573 e. The van der Waals surface area contributed by atoms with Crippen LogP contribution in [0.1, 0.15) is 12.5 Å². The zero-order valence-electron chi connectivity index (χ0n) is 12.9. The highest BCUT2D eigenvalue weighted by molar-refractivity contribution is 5.96. The van der Waals surface area contributed by atoms with E-state index in [-0.39, 0.29) is 5.75 Å². The topological polar surface area (TPSA) is 70.7 Å². The molecule has 0 saturated carbocycles. The summed E-state index contributed by atoms with van der Waals surface area (Å²) < 4.78 is 40.0. The van der Waals surface area contributed by atoms with Crippen LogP contribution in [0.2, 0.25) is 0 Å². The maximum atomic E-state index is 12.1. The summed E-state index contributed by atoms with van der Waals surface area (Å²) in [4.78, 5) is 24.5. The first kappa shape index (κ1) is 18.8. The molecule has 1 aromatic rings. The molecule has 0 aliphatic heterocycles. The van der Waals surface area contributed by atoms with Crippen LogP contribution in [0.4, 0.5) is 18.0 Å². The molecule has 0 aromatic heterocycles. The van der Waals surface area contributed by atoms with Crippen LogP contribution in [0.15, 0.2) is 24.3 Å². The van der Waals surface area contributed by atoms with E-state index in [0.717, 1.165) is 0 Å². The predicted molar refractivity (Wildman–Crippen MR) is 76.7 cm³/mol. The molecule has 23 heavy (non-hydrogen) atoms. The third kappa shape index (κ3) is 6.55. The van der Waals surface area contributed by atoms with Gasteiger partial charge in [-0.3, -0.25) is 15.0 Å². The summed E-state index contributed by atoms with van der Waals surface area (Å²) in [6.07, 6.45) is -4.73. The van der Waals surface area contributed by atoms with Crippen molar-refractivity contribution in [2.75, 3.05) is 14.1 Å². The molecule has 0 unspecified atom stereocenters. The van der Waals surface area contributed by atoms with Crippen molar-refractivity contribution >= 4 is 11.9 Å². The molecule has 0 aliphatic rings. The van der Waals surface area contributed by atoms with Crippen molar-refractivity contribution < 1.29 is 27.5 Å². The van der Waals surface area contributed by atoms with Gasteiger partial charge in [0.25, 0.3) is 0 Å². The zero-order chi connectivity index (χ0) is 17.6. The number of rotatable bonds is 5. The molecule has 0 spiro atoms. The highest BCUT2D eigenvalue weighted by Crippen LogP contribution is 2.23. The lowest BCUT2D eigenvalue weighted by Gasteiger charge is -2.23. The minimum atomic E-state index is -4.73. The molecular weight excluding hydrogens is 315 g/mol. The number of hydrogen-bond donors (Lipinski definition) is 2. The van der Waals surface area contributed by atoms with Gasteiger partial charge in [0.05, 0.1) is 6.04 Å². The van der Waals surface area contributed by atoms with Gasteiger partial charge in [-0.15, -0.1) is 13.2 Å². The fourth-order valence-corrected chi connectivity index (χ4v) is 1.70. The Morgan fingerprint density at radius 2 is 1.83 bits per heavy atom. The van der Waals surface area contributed by atoms with Gasteiger partial charge in [-0.2, -0.15) is 0 Å². The lowest BCUT2D eigenvalue weighted by molar-refractivity contribution is -0.274. The van der Waals surface area contributed by atoms with E-state index in [9.17, 15) is 22.8 Å². The average molecular weight is 333 g/mol. The molecule has 3 amide bonds. The number of hydrogen-bond acceptors (Lipinski definition) is 4. The molecule has 0 aliphatic carbocycles. The summed E-state index contributed by atoms with van der Waals surface area (Å²) in [5.74, 6) is -0.793. The Balaban J connectivity index is 2.61. The van der Waals surface area contributed by atoms with Gasteiger partial charge in [0, 0.05) is 13.6 Å². The van der Waals surface area contributed by atoms with Crippen LogP contribution < -0.4 is 15.4 Å². The molecule has 1 rings (SSSR count). The van der Waals surface area contributed by atoms with Crippen molar-refractivity contribution in [2.24, 2.45) is 0 Å². The first-order valence-corrected chi connectivity index (χ1v) is 6.70.